The van der Waals surface area contributed by atoms with E-state index in [4.69, 9.17) is 4.74 Å². The van der Waals surface area contributed by atoms with Crippen molar-refractivity contribution in [1.29, 1.82) is 0 Å². The van der Waals surface area contributed by atoms with Crippen LogP contribution in [0.2, 0.25) is 0 Å². The summed E-state index contributed by atoms with van der Waals surface area (Å²) in [5, 5.41) is 6.46. The second-order valence-corrected chi connectivity index (χ2v) is 7.03. The van der Waals surface area contributed by atoms with E-state index in [2.05, 4.69) is 15.6 Å². The van der Waals surface area contributed by atoms with E-state index in [0.29, 0.717) is 27.7 Å². The third-order valence-corrected chi connectivity index (χ3v) is 4.88. The molecule has 1 aromatic heterocycles. The zero-order valence-electron chi connectivity index (χ0n) is 13.4. The molecule has 1 saturated heterocycles. The average molecular weight is 373 g/mol. The molecule has 2 aromatic rings. The Morgan fingerprint density at radius 2 is 2.28 bits per heavy atom. The number of benzene rings is 1. The minimum absolute atomic E-state index is 0.0977. The number of amides is 1. The third-order valence-electron chi connectivity index (χ3n) is 3.95. The van der Waals surface area contributed by atoms with Crippen molar-refractivity contribution >= 4 is 32.6 Å². The number of alkyl halides is 3. The van der Waals surface area contributed by atoms with Gasteiger partial charge in [-0.3, -0.25) is 4.79 Å². The minimum atomic E-state index is -4.38. The highest BCUT2D eigenvalue weighted by molar-refractivity contribution is 7.22. The smallest absolute Gasteiger partial charge is 0.422 e. The Balaban J connectivity index is 1.57. The van der Waals surface area contributed by atoms with Gasteiger partial charge in [0.1, 0.15) is 5.75 Å². The molecule has 1 fully saturated rings. The molecule has 0 saturated carbocycles. The number of hydrogen-bond acceptors (Lipinski definition) is 5. The summed E-state index contributed by atoms with van der Waals surface area (Å²) >= 11 is 1.21. The number of nitrogens with zero attached hydrogens (tertiary/aromatic N) is 1. The van der Waals surface area contributed by atoms with Crippen molar-refractivity contribution in [2.75, 3.05) is 25.0 Å². The predicted molar refractivity (Wildman–Crippen MR) is 90.0 cm³/mol. The second kappa shape index (κ2) is 7.57. The first kappa shape index (κ1) is 17.9. The molecule has 1 aromatic carbocycles. The van der Waals surface area contributed by atoms with Crippen LogP contribution in [0, 0.1) is 5.92 Å². The lowest BCUT2D eigenvalue weighted by molar-refractivity contribution is -0.153. The maximum Gasteiger partial charge on any atom is 0.422 e. The van der Waals surface area contributed by atoms with Crippen LogP contribution < -0.4 is 15.4 Å². The van der Waals surface area contributed by atoms with Gasteiger partial charge in [0.15, 0.2) is 11.7 Å². The summed E-state index contributed by atoms with van der Waals surface area (Å²) in [6.45, 7) is 0.620. The van der Waals surface area contributed by atoms with Crippen molar-refractivity contribution in [2.24, 2.45) is 5.92 Å². The monoisotopic (exact) mass is 373 g/mol. The van der Waals surface area contributed by atoms with E-state index in [1.54, 1.807) is 6.07 Å². The van der Waals surface area contributed by atoms with Crippen LogP contribution in [0.1, 0.15) is 19.3 Å². The molecular weight excluding hydrogens is 355 g/mol. The topological polar surface area (TPSA) is 63.2 Å². The van der Waals surface area contributed by atoms with Crippen molar-refractivity contribution in [3.63, 3.8) is 0 Å². The molecule has 2 N–H and O–H groups in total. The highest BCUT2D eigenvalue weighted by Gasteiger charge is 2.28. The molecule has 2 heterocycles. The number of anilines is 1. The van der Waals surface area contributed by atoms with Gasteiger partial charge in [-0.15, -0.1) is 0 Å². The first-order chi connectivity index (χ1) is 11.9. The van der Waals surface area contributed by atoms with Crippen LogP contribution in [0.4, 0.5) is 18.3 Å². The van der Waals surface area contributed by atoms with Crippen molar-refractivity contribution in [3.8, 4) is 5.75 Å². The lowest BCUT2D eigenvalue weighted by Gasteiger charge is -2.08. The highest BCUT2D eigenvalue weighted by atomic mass is 32.1. The zero-order valence-corrected chi connectivity index (χ0v) is 14.2. The Bertz CT molecular complexity index is 742. The number of carbonyl (C=O) groups excluding carboxylic acids is 1. The van der Waals surface area contributed by atoms with E-state index in [9.17, 15) is 18.0 Å². The number of fused-ring (bicyclic) bond motifs is 1. The number of ether oxygens (including phenoxy) is 1. The summed E-state index contributed by atoms with van der Waals surface area (Å²) < 4.78 is 42.0. The fourth-order valence-electron chi connectivity index (χ4n) is 2.69. The van der Waals surface area contributed by atoms with Gasteiger partial charge < -0.3 is 15.4 Å². The largest absolute Gasteiger partial charge is 0.484 e. The van der Waals surface area contributed by atoms with E-state index in [1.807, 2.05) is 0 Å². The molecule has 3 rings (SSSR count). The molecule has 1 amide bonds. The molecule has 5 nitrogen and oxygen atoms in total. The Labute approximate surface area is 146 Å². The molecule has 0 aliphatic carbocycles. The van der Waals surface area contributed by atoms with Crippen molar-refractivity contribution < 1.29 is 22.7 Å². The van der Waals surface area contributed by atoms with Gasteiger partial charge in [-0.2, -0.15) is 13.2 Å². The Morgan fingerprint density at radius 3 is 3.00 bits per heavy atom. The number of hydrogen-bond donors (Lipinski definition) is 2. The molecule has 1 aliphatic heterocycles. The minimum Gasteiger partial charge on any atom is -0.484 e. The first-order valence-electron chi connectivity index (χ1n) is 8.00. The van der Waals surface area contributed by atoms with Crippen LogP contribution in [-0.2, 0) is 4.79 Å². The van der Waals surface area contributed by atoms with E-state index < -0.39 is 12.8 Å². The van der Waals surface area contributed by atoms with E-state index >= 15 is 0 Å². The molecule has 1 unspecified atom stereocenters. The molecule has 0 radical (unpaired) electrons. The van der Waals surface area contributed by atoms with Crippen LogP contribution in [0.5, 0.6) is 5.75 Å². The van der Waals surface area contributed by atoms with Crippen LogP contribution >= 0.6 is 11.3 Å². The lowest BCUT2D eigenvalue weighted by Crippen LogP contribution is -2.19. The average Bonchev–Trinajstić information content (AvgIpc) is 3.18. The fraction of sp³-hybridized carbons (Fsp3) is 0.500. The van der Waals surface area contributed by atoms with Crippen LogP contribution in [0.15, 0.2) is 18.2 Å². The van der Waals surface area contributed by atoms with E-state index in [1.165, 1.54) is 23.5 Å². The van der Waals surface area contributed by atoms with Gasteiger partial charge in [0.25, 0.3) is 0 Å². The number of rotatable bonds is 6. The van der Waals surface area contributed by atoms with Crippen LogP contribution in [0.3, 0.4) is 0 Å². The zero-order chi connectivity index (χ0) is 17.9. The van der Waals surface area contributed by atoms with Gasteiger partial charge in [0.2, 0.25) is 5.91 Å². The number of halogens is 3. The van der Waals surface area contributed by atoms with Gasteiger partial charge in [-0.1, -0.05) is 11.3 Å². The van der Waals surface area contributed by atoms with Gasteiger partial charge in [0, 0.05) is 6.42 Å². The summed E-state index contributed by atoms with van der Waals surface area (Å²) in [5.74, 6) is 0.564. The Kier molecular flexibility index (Phi) is 5.43. The summed E-state index contributed by atoms with van der Waals surface area (Å²) in [6.07, 6.45) is -2.02. The molecule has 0 spiro atoms. The third kappa shape index (κ3) is 5.30. The highest BCUT2D eigenvalue weighted by Crippen LogP contribution is 2.30. The number of carbonyl (C=O) groups is 1. The molecule has 25 heavy (non-hydrogen) atoms. The summed E-state index contributed by atoms with van der Waals surface area (Å²) in [7, 11) is 0. The molecule has 0 bridgehead atoms. The van der Waals surface area contributed by atoms with Crippen molar-refractivity contribution in [1.82, 2.24) is 10.3 Å². The molecule has 9 heteroatoms. The Morgan fingerprint density at radius 1 is 1.44 bits per heavy atom. The van der Waals surface area contributed by atoms with Gasteiger partial charge in [-0.05, 0) is 50.0 Å². The molecule has 1 atom stereocenters. The van der Waals surface area contributed by atoms with Gasteiger partial charge in [-0.25, -0.2) is 4.98 Å². The predicted octanol–water partition coefficient (Wildman–Crippen LogP) is 3.57. The number of nitrogens with one attached hydrogen (secondary N) is 2. The standard InChI is InChI=1S/C16H18F3N3O2S/c17-16(18,19)9-24-11-2-3-12-13(7-11)25-15(21-12)22-14(23)4-1-10-5-6-20-8-10/h2-3,7,10,20H,1,4-6,8-9H2,(H,21,22,23). The summed E-state index contributed by atoms with van der Waals surface area (Å²) in [4.78, 5) is 16.3. The van der Waals surface area contributed by atoms with Crippen LogP contribution in [0.25, 0.3) is 10.2 Å². The number of aromatic nitrogens is 1. The quantitative estimate of drug-likeness (QED) is 0.813. The molecule has 1 aliphatic rings. The van der Waals surface area contributed by atoms with Crippen molar-refractivity contribution in [3.05, 3.63) is 18.2 Å². The molecular formula is C16H18F3N3O2S. The Hall–Kier alpha value is -1.87. The summed E-state index contributed by atoms with van der Waals surface area (Å²) in [5.41, 5.74) is 0.611. The SMILES string of the molecule is O=C(CCC1CCNC1)Nc1nc2ccc(OCC(F)(F)F)cc2s1. The first-order valence-corrected chi connectivity index (χ1v) is 8.81. The van der Waals surface area contributed by atoms with Crippen LogP contribution in [-0.4, -0.2) is 36.8 Å². The van der Waals surface area contributed by atoms with E-state index in [-0.39, 0.29) is 11.7 Å². The maximum atomic E-state index is 12.2. The molecule has 136 valence electrons. The lowest BCUT2D eigenvalue weighted by atomic mass is 10.0. The normalized spacial score (nSPS) is 17.8. The van der Waals surface area contributed by atoms with E-state index in [0.717, 1.165) is 25.9 Å². The van der Waals surface area contributed by atoms with Gasteiger partial charge >= 0.3 is 6.18 Å². The van der Waals surface area contributed by atoms with Crippen molar-refractivity contribution in [2.45, 2.75) is 25.4 Å². The maximum absolute atomic E-state index is 12.2. The fourth-order valence-corrected chi connectivity index (χ4v) is 3.60. The number of thiazole rings is 1. The second-order valence-electron chi connectivity index (χ2n) is 6.00. The van der Waals surface area contributed by atoms with Gasteiger partial charge in [0.05, 0.1) is 10.2 Å². The summed E-state index contributed by atoms with van der Waals surface area (Å²) in [6, 6.07) is 4.52.